The number of methoxy groups -OCH3 is 1. The molecule has 0 atom stereocenters. The van der Waals surface area contributed by atoms with Crippen molar-refractivity contribution >= 4 is 34.6 Å². The highest BCUT2D eigenvalue weighted by molar-refractivity contribution is 6.34. The first-order chi connectivity index (χ1) is 9.92. The molecule has 0 spiro atoms. The van der Waals surface area contributed by atoms with E-state index in [9.17, 15) is 14.3 Å². The lowest BCUT2D eigenvalue weighted by atomic mass is 10.1. The van der Waals surface area contributed by atoms with Crippen molar-refractivity contribution in [1.82, 2.24) is 0 Å². The van der Waals surface area contributed by atoms with Gasteiger partial charge in [-0.3, -0.25) is 0 Å². The topological polar surface area (TPSA) is 84.6 Å². The number of hydrogen-bond donors (Lipinski definition) is 3. The molecule has 0 aliphatic heterocycles. The number of hydrogen-bond acceptors (Lipinski definition) is 4. The molecule has 0 saturated heterocycles. The maximum atomic E-state index is 13.2. The number of nitrogen functional groups attached to an aromatic ring is 1. The number of anilines is 3. The van der Waals surface area contributed by atoms with Crippen LogP contribution < -0.4 is 15.8 Å². The van der Waals surface area contributed by atoms with Gasteiger partial charge in [0.1, 0.15) is 11.6 Å². The van der Waals surface area contributed by atoms with Gasteiger partial charge in [0, 0.05) is 11.8 Å². The molecular weight excluding hydrogens is 299 g/mol. The van der Waals surface area contributed by atoms with Crippen LogP contribution in [0.2, 0.25) is 5.02 Å². The fourth-order valence-electron chi connectivity index (χ4n) is 1.83. The number of nitrogens with two attached hydrogens (primary N) is 1. The number of carboxylic acids is 1. The van der Waals surface area contributed by atoms with Gasteiger partial charge in [0.05, 0.1) is 29.1 Å². The van der Waals surface area contributed by atoms with Gasteiger partial charge in [-0.15, -0.1) is 0 Å². The SMILES string of the molecule is COc1cc(F)ccc1Nc1c(Cl)cc(N)cc1C(=O)O. The van der Waals surface area contributed by atoms with Crippen molar-refractivity contribution in [3.8, 4) is 5.75 Å². The van der Waals surface area contributed by atoms with Crippen molar-refractivity contribution in [2.45, 2.75) is 0 Å². The quantitative estimate of drug-likeness (QED) is 0.752. The van der Waals surface area contributed by atoms with Gasteiger partial charge in [0.15, 0.2) is 0 Å². The van der Waals surface area contributed by atoms with E-state index < -0.39 is 11.8 Å². The molecule has 110 valence electrons. The smallest absolute Gasteiger partial charge is 0.337 e. The van der Waals surface area contributed by atoms with Gasteiger partial charge in [0.25, 0.3) is 0 Å². The van der Waals surface area contributed by atoms with E-state index in [2.05, 4.69) is 5.32 Å². The molecule has 0 aliphatic carbocycles. The van der Waals surface area contributed by atoms with Crippen LogP contribution in [0.15, 0.2) is 30.3 Å². The molecule has 0 unspecified atom stereocenters. The van der Waals surface area contributed by atoms with E-state index in [1.165, 1.54) is 37.4 Å². The molecule has 0 aromatic heterocycles. The van der Waals surface area contributed by atoms with Gasteiger partial charge < -0.3 is 20.9 Å². The summed E-state index contributed by atoms with van der Waals surface area (Å²) in [4.78, 5) is 11.3. The maximum Gasteiger partial charge on any atom is 0.337 e. The van der Waals surface area contributed by atoms with E-state index in [4.69, 9.17) is 22.1 Å². The molecule has 0 heterocycles. The maximum absolute atomic E-state index is 13.2. The summed E-state index contributed by atoms with van der Waals surface area (Å²) in [5.74, 6) is -1.44. The van der Waals surface area contributed by atoms with E-state index in [1.807, 2.05) is 0 Å². The second-order valence-electron chi connectivity index (χ2n) is 4.20. The average Bonchev–Trinajstić information content (AvgIpc) is 2.42. The van der Waals surface area contributed by atoms with E-state index >= 15 is 0 Å². The molecule has 0 saturated carbocycles. The van der Waals surface area contributed by atoms with Crippen LogP contribution in [0.5, 0.6) is 5.75 Å². The van der Waals surface area contributed by atoms with Crippen LogP contribution in [0.3, 0.4) is 0 Å². The number of benzene rings is 2. The Hall–Kier alpha value is -2.47. The van der Waals surface area contributed by atoms with E-state index in [0.29, 0.717) is 5.69 Å². The standard InChI is InChI=1S/C14H12ClFN2O3/c1-21-12-4-7(16)2-3-11(12)18-13-9(14(19)20)5-8(17)6-10(13)15/h2-6,18H,17H2,1H3,(H,19,20). The minimum Gasteiger partial charge on any atom is -0.494 e. The lowest BCUT2D eigenvalue weighted by molar-refractivity contribution is 0.0698. The van der Waals surface area contributed by atoms with E-state index in [1.54, 1.807) is 0 Å². The number of carboxylic acid groups (broad SMARTS) is 1. The number of aromatic carboxylic acids is 1. The normalized spacial score (nSPS) is 10.2. The molecular formula is C14H12ClFN2O3. The predicted octanol–water partition coefficient (Wildman–Crippen LogP) is 3.51. The molecule has 0 radical (unpaired) electrons. The summed E-state index contributed by atoms with van der Waals surface area (Å²) in [6, 6.07) is 6.52. The first-order valence-corrected chi connectivity index (χ1v) is 6.23. The minimum atomic E-state index is -1.19. The van der Waals surface area contributed by atoms with Crippen molar-refractivity contribution in [3.63, 3.8) is 0 Å². The fraction of sp³-hybridized carbons (Fsp3) is 0.0714. The van der Waals surface area contributed by atoms with E-state index in [-0.39, 0.29) is 27.7 Å². The molecule has 2 rings (SSSR count). The number of carbonyl (C=O) groups is 1. The monoisotopic (exact) mass is 310 g/mol. The molecule has 2 aromatic rings. The van der Waals surface area contributed by atoms with Gasteiger partial charge in [-0.05, 0) is 24.3 Å². The van der Waals surface area contributed by atoms with Crippen LogP contribution in [-0.2, 0) is 0 Å². The Morgan fingerprint density at radius 3 is 2.71 bits per heavy atom. The van der Waals surface area contributed by atoms with Crippen molar-refractivity contribution in [2.24, 2.45) is 0 Å². The number of nitrogens with one attached hydrogen (secondary N) is 1. The number of ether oxygens (including phenoxy) is 1. The summed E-state index contributed by atoms with van der Waals surface area (Å²) in [5, 5.41) is 12.2. The van der Waals surface area contributed by atoms with Crippen molar-refractivity contribution in [2.75, 3.05) is 18.2 Å². The van der Waals surface area contributed by atoms with Crippen molar-refractivity contribution in [1.29, 1.82) is 0 Å². The first kappa shape index (κ1) is 14.9. The third-order valence-corrected chi connectivity index (χ3v) is 3.06. The summed E-state index contributed by atoms with van der Waals surface area (Å²) in [6.45, 7) is 0. The van der Waals surface area contributed by atoms with Gasteiger partial charge >= 0.3 is 5.97 Å². The van der Waals surface area contributed by atoms with E-state index in [0.717, 1.165) is 0 Å². The third-order valence-electron chi connectivity index (χ3n) is 2.77. The van der Waals surface area contributed by atoms with Crippen LogP contribution >= 0.6 is 11.6 Å². The zero-order valence-electron chi connectivity index (χ0n) is 11.0. The van der Waals surface area contributed by atoms with Gasteiger partial charge in [0.2, 0.25) is 0 Å². The zero-order valence-corrected chi connectivity index (χ0v) is 11.7. The highest BCUT2D eigenvalue weighted by Gasteiger charge is 2.16. The predicted molar refractivity (Wildman–Crippen MR) is 79.1 cm³/mol. The minimum absolute atomic E-state index is 0.0913. The lowest BCUT2D eigenvalue weighted by Gasteiger charge is -2.15. The van der Waals surface area contributed by atoms with Crippen molar-refractivity contribution in [3.05, 3.63) is 46.7 Å². The Bertz CT molecular complexity index is 707. The third kappa shape index (κ3) is 3.17. The highest BCUT2D eigenvalue weighted by Crippen LogP contribution is 2.35. The Labute approximate surface area is 125 Å². The van der Waals surface area contributed by atoms with Crippen LogP contribution in [0.4, 0.5) is 21.5 Å². The Balaban J connectivity index is 2.51. The number of halogens is 2. The molecule has 0 aliphatic rings. The summed E-state index contributed by atoms with van der Waals surface area (Å²) in [5.41, 5.74) is 6.26. The van der Waals surface area contributed by atoms with Gasteiger partial charge in [-0.2, -0.15) is 0 Å². The molecule has 0 amide bonds. The Kier molecular flexibility index (Phi) is 4.18. The van der Waals surface area contributed by atoms with Crippen LogP contribution in [0.1, 0.15) is 10.4 Å². The Morgan fingerprint density at radius 1 is 1.38 bits per heavy atom. The molecule has 5 nitrogen and oxygen atoms in total. The second kappa shape index (κ2) is 5.88. The molecule has 4 N–H and O–H groups in total. The highest BCUT2D eigenvalue weighted by atomic mass is 35.5. The molecule has 7 heteroatoms. The zero-order chi connectivity index (χ0) is 15.6. The van der Waals surface area contributed by atoms with Crippen LogP contribution in [0.25, 0.3) is 0 Å². The summed E-state index contributed by atoms with van der Waals surface area (Å²) in [6.07, 6.45) is 0. The van der Waals surface area contributed by atoms with Crippen LogP contribution in [0, 0.1) is 5.82 Å². The molecule has 0 bridgehead atoms. The van der Waals surface area contributed by atoms with Gasteiger partial charge in [-0.1, -0.05) is 11.6 Å². The average molecular weight is 311 g/mol. The summed E-state index contributed by atoms with van der Waals surface area (Å²) in [7, 11) is 1.38. The van der Waals surface area contributed by atoms with Crippen molar-refractivity contribution < 1.29 is 19.0 Å². The fourth-order valence-corrected chi connectivity index (χ4v) is 2.10. The number of rotatable bonds is 4. The van der Waals surface area contributed by atoms with Gasteiger partial charge in [-0.25, -0.2) is 9.18 Å². The lowest BCUT2D eigenvalue weighted by Crippen LogP contribution is -2.05. The molecule has 0 fully saturated rings. The van der Waals surface area contributed by atoms with Crippen LogP contribution in [-0.4, -0.2) is 18.2 Å². The first-order valence-electron chi connectivity index (χ1n) is 5.85. The largest absolute Gasteiger partial charge is 0.494 e. The Morgan fingerprint density at radius 2 is 2.10 bits per heavy atom. The summed E-state index contributed by atoms with van der Waals surface area (Å²) >= 11 is 6.03. The summed E-state index contributed by atoms with van der Waals surface area (Å²) < 4.78 is 18.2. The molecule has 2 aromatic carbocycles. The molecule has 21 heavy (non-hydrogen) atoms. The second-order valence-corrected chi connectivity index (χ2v) is 4.61.